The summed E-state index contributed by atoms with van der Waals surface area (Å²) in [6.45, 7) is 0.568. The van der Waals surface area contributed by atoms with E-state index in [1.807, 2.05) is 24.3 Å². The molecule has 0 unspecified atom stereocenters. The van der Waals surface area contributed by atoms with Crippen LogP contribution in [0.2, 0.25) is 0 Å². The van der Waals surface area contributed by atoms with E-state index in [9.17, 15) is 13.2 Å². The number of hydrogen-bond acceptors (Lipinski definition) is 3. The zero-order valence-corrected chi connectivity index (χ0v) is 17.8. The molecule has 0 spiro atoms. The molecule has 27 heavy (non-hydrogen) atoms. The fourth-order valence-corrected chi connectivity index (χ4v) is 5.84. The van der Waals surface area contributed by atoms with Gasteiger partial charge >= 0.3 is 0 Å². The maximum atomic E-state index is 12.9. The Kier molecular flexibility index (Phi) is 5.26. The van der Waals surface area contributed by atoms with Crippen LogP contribution in [0.5, 0.6) is 0 Å². The third-order valence-electron chi connectivity index (χ3n) is 5.28. The van der Waals surface area contributed by atoms with Gasteiger partial charge in [0.25, 0.3) is 5.91 Å². The van der Waals surface area contributed by atoms with Gasteiger partial charge in [0, 0.05) is 21.8 Å². The number of fused-ring (bicyclic) bond motifs is 1. The van der Waals surface area contributed by atoms with Gasteiger partial charge in [-0.05, 0) is 77.7 Å². The van der Waals surface area contributed by atoms with Gasteiger partial charge in [-0.3, -0.25) is 4.79 Å². The van der Waals surface area contributed by atoms with Gasteiger partial charge in [0.05, 0.1) is 10.5 Å². The van der Waals surface area contributed by atoms with E-state index in [0.29, 0.717) is 18.5 Å². The molecule has 1 amide bonds. The smallest absolute Gasteiger partial charge is 0.259 e. The van der Waals surface area contributed by atoms with Crippen molar-refractivity contribution < 1.29 is 13.2 Å². The number of anilines is 1. The summed E-state index contributed by atoms with van der Waals surface area (Å²) in [6, 6.07) is 12.6. The highest BCUT2D eigenvalue weighted by Gasteiger charge is 2.29. The van der Waals surface area contributed by atoms with Gasteiger partial charge < -0.3 is 4.90 Å². The van der Waals surface area contributed by atoms with Crippen molar-refractivity contribution in [1.29, 1.82) is 0 Å². The van der Waals surface area contributed by atoms with Crippen molar-refractivity contribution in [1.82, 2.24) is 4.72 Å². The average Bonchev–Trinajstić information content (AvgIpc) is 3.30. The fourth-order valence-electron chi connectivity index (χ4n) is 3.87. The molecule has 4 rings (SSSR count). The predicted octanol–water partition coefficient (Wildman–Crippen LogP) is 3.72. The summed E-state index contributed by atoms with van der Waals surface area (Å²) in [6.07, 6.45) is 4.63. The molecule has 2 aliphatic rings. The Labute approximate surface area is 173 Å². The number of carbonyl (C=O) groups excluding carboxylic acids is 1. The van der Waals surface area contributed by atoms with Gasteiger partial charge in [0.15, 0.2) is 0 Å². The van der Waals surface area contributed by atoms with Crippen LogP contribution in [0.15, 0.2) is 47.4 Å². The minimum absolute atomic E-state index is 0.0430. The third kappa shape index (κ3) is 3.77. The summed E-state index contributed by atoms with van der Waals surface area (Å²) in [5.41, 5.74) is 2.38. The maximum Gasteiger partial charge on any atom is 0.259 e. The molecule has 0 saturated heterocycles. The van der Waals surface area contributed by atoms with Gasteiger partial charge in [-0.1, -0.05) is 25.0 Å². The molecule has 1 fully saturated rings. The van der Waals surface area contributed by atoms with Crippen LogP contribution in [-0.2, 0) is 16.4 Å². The predicted molar refractivity (Wildman–Crippen MR) is 114 cm³/mol. The van der Waals surface area contributed by atoms with Crippen LogP contribution >= 0.6 is 22.6 Å². The topological polar surface area (TPSA) is 66.5 Å². The first-order valence-corrected chi connectivity index (χ1v) is 11.7. The lowest BCUT2D eigenvalue weighted by molar-refractivity contribution is 0.0988. The highest BCUT2D eigenvalue weighted by molar-refractivity contribution is 14.1. The monoisotopic (exact) mass is 496 g/mol. The van der Waals surface area contributed by atoms with Crippen molar-refractivity contribution in [2.75, 3.05) is 11.4 Å². The number of rotatable bonds is 4. The molecule has 5 nitrogen and oxygen atoms in total. The summed E-state index contributed by atoms with van der Waals surface area (Å²) in [4.78, 5) is 15.0. The zero-order valence-electron chi connectivity index (χ0n) is 14.8. The van der Waals surface area contributed by atoms with E-state index < -0.39 is 10.0 Å². The first-order valence-electron chi connectivity index (χ1n) is 9.17. The Morgan fingerprint density at radius 1 is 1.11 bits per heavy atom. The summed E-state index contributed by atoms with van der Waals surface area (Å²) in [7, 11) is -3.52. The van der Waals surface area contributed by atoms with Gasteiger partial charge in [-0.25, -0.2) is 13.1 Å². The number of carbonyl (C=O) groups is 1. The highest BCUT2D eigenvalue weighted by Crippen LogP contribution is 2.32. The third-order valence-corrected chi connectivity index (χ3v) is 7.74. The van der Waals surface area contributed by atoms with Crippen molar-refractivity contribution in [2.45, 2.75) is 43.0 Å². The van der Waals surface area contributed by atoms with E-state index in [2.05, 4.69) is 27.3 Å². The normalized spacial score (nSPS) is 17.3. The summed E-state index contributed by atoms with van der Waals surface area (Å²) >= 11 is 2.17. The Morgan fingerprint density at radius 2 is 1.85 bits per heavy atom. The molecule has 142 valence electrons. The molecular formula is C20H21IN2O3S. The van der Waals surface area contributed by atoms with Crippen molar-refractivity contribution in [3.05, 3.63) is 57.2 Å². The zero-order chi connectivity index (χ0) is 19.0. The SMILES string of the molecule is O=C(c1ccccc1I)N1CCc2cc(S(=O)(=O)NC3CCCC3)ccc21. The second kappa shape index (κ2) is 7.52. The summed E-state index contributed by atoms with van der Waals surface area (Å²) in [5.74, 6) is -0.0431. The summed E-state index contributed by atoms with van der Waals surface area (Å²) in [5, 5.41) is 0. The van der Waals surface area contributed by atoms with Gasteiger partial charge in [-0.2, -0.15) is 0 Å². The van der Waals surface area contributed by atoms with Crippen LogP contribution < -0.4 is 9.62 Å². The number of benzene rings is 2. The minimum Gasteiger partial charge on any atom is -0.308 e. The molecule has 0 aromatic heterocycles. The number of halogens is 1. The van der Waals surface area contributed by atoms with E-state index in [0.717, 1.165) is 40.5 Å². The van der Waals surface area contributed by atoms with Gasteiger partial charge in [0.2, 0.25) is 10.0 Å². The lowest BCUT2D eigenvalue weighted by Crippen LogP contribution is -2.32. The molecule has 0 radical (unpaired) electrons. The quantitative estimate of drug-likeness (QED) is 0.657. The van der Waals surface area contributed by atoms with Crippen LogP contribution in [0.3, 0.4) is 0 Å². The van der Waals surface area contributed by atoms with E-state index in [1.54, 1.807) is 23.1 Å². The Balaban J connectivity index is 1.59. The molecule has 7 heteroatoms. The lowest BCUT2D eigenvalue weighted by Gasteiger charge is -2.19. The second-order valence-electron chi connectivity index (χ2n) is 7.08. The lowest BCUT2D eigenvalue weighted by atomic mass is 10.1. The highest BCUT2D eigenvalue weighted by atomic mass is 127. The molecule has 2 aromatic carbocycles. The van der Waals surface area contributed by atoms with E-state index >= 15 is 0 Å². The molecule has 1 aliphatic heterocycles. The fraction of sp³-hybridized carbons (Fsp3) is 0.350. The van der Waals surface area contributed by atoms with Gasteiger partial charge in [-0.15, -0.1) is 0 Å². The summed E-state index contributed by atoms with van der Waals surface area (Å²) < 4.78 is 29.1. The van der Waals surface area contributed by atoms with E-state index in [4.69, 9.17) is 0 Å². The molecule has 2 aromatic rings. The molecule has 0 bridgehead atoms. The van der Waals surface area contributed by atoms with E-state index in [-0.39, 0.29) is 16.8 Å². The standard InChI is InChI=1S/C20H21IN2O3S/c21-18-8-4-3-7-17(18)20(24)23-12-11-14-13-16(9-10-19(14)23)27(25,26)22-15-5-1-2-6-15/h3-4,7-10,13,15,22H,1-2,5-6,11-12H2. The van der Waals surface area contributed by atoms with E-state index in [1.165, 1.54) is 0 Å². The van der Waals surface area contributed by atoms with Crippen LogP contribution in [0.25, 0.3) is 0 Å². The molecule has 1 aliphatic carbocycles. The maximum absolute atomic E-state index is 12.9. The van der Waals surface area contributed by atoms with Crippen molar-refractivity contribution >= 4 is 44.2 Å². The second-order valence-corrected chi connectivity index (χ2v) is 9.96. The minimum atomic E-state index is -3.52. The molecule has 1 heterocycles. The number of hydrogen-bond donors (Lipinski definition) is 1. The van der Waals surface area contributed by atoms with Crippen LogP contribution in [0, 0.1) is 3.57 Å². The average molecular weight is 496 g/mol. The van der Waals surface area contributed by atoms with Crippen molar-refractivity contribution in [2.24, 2.45) is 0 Å². The molecular weight excluding hydrogens is 475 g/mol. The number of nitrogens with one attached hydrogen (secondary N) is 1. The van der Waals surface area contributed by atoms with Crippen LogP contribution in [0.1, 0.15) is 41.6 Å². The number of sulfonamides is 1. The Bertz CT molecular complexity index is 984. The van der Waals surface area contributed by atoms with Gasteiger partial charge in [0.1, 0.15) is 0 Å². The van der Waals surface area contributed by atoms with Crippen molar-refractivity contribution in [3.8, 4) is 0 Å². The molecule has 1 N–H and O–H groups in total. The first-order chi connectivity index (χ1) is 13.0. The van der Waals surface area contributed by atoms with Crippen LogP contribution in [0.4, 0.5) is 5.69 Å². The number of nitrogens with zero attached hydrogens (tertiary/aromatic N) is 1. The molecule has 1 saturated carbocycles. The van der Waals surface area contributed by atoms with Crippen molar-refractivity contribution in [3.63, 3.8) is 0 Å². The largest absolute Gasteiger partial charge is 0.308 e. The Hall–Kier alpha value is -1.45. The van der Waals surface area contributed by atoms with Crippen LogP contribution in [-0.4, -0.2) is 26.9 Å². The molecule has 0 atom stereocenters. The first kappa shape index (κ1) is 18.9. The number of amides is 1. The Morgan fingerprint density at radius 3 is 2.59 bits per heavy atom.